The number of carbonyl (C=O) groups is 2. The highest BCUT2D eigenvalue weighted by Crippen LogP contribution is 2.34. The fourth-order valence-corrected chi connectivity index (χ4v) is 6.39. The molecule has 0 aliphatic carbocycles. The lowest BCUT2D eigenvalue weighted by atomic mass is 9.97. The molecule has 0 radical (unpaired) electrons. The standard InChI is InChI=1S/C23H32N2O7S/c1-16-4-3-5-17(2)25(16)22(26)15-32-23(27)18-8-10-24(11-9-18)33(28,29)19-6-7-20-21(14-19)31-13-12-30-20/h6-7,14,16-18H,3-5,8-13,15H2,1-2H3/t16-,17-/m1/s1. The lowest BCUT2D eigenvalue weighted by Gasteiger charge is -2.39. The van der Waals surface area contributed by atoms with Crippen molar-refractivity contribution in [1.82, 2.24) is 9.21 Å². The second-order valence-corrected chi connectivity index (χ2v) is 11.0. The highest BCUT2D eigenvalue weighted by atomic mass is 32.2. The van der Waals surface area contributed by atoms with Crippen molar-refractivity contribution in [2.45, 2.75) is 62.9 Å². The maximum Gasteiger partial charge on any atom is 0.309 e. The van der Waals surface area contributed by atoms with Crippen LogP contribution in [0.15, 0.2) is 23.1 Å². The Kier molecular flexibility index (Phi) is 7.13. The molecule has 2 saturated heterocycles. The summed E-state index contributed by atoms with van der Waals surface area (Å²) in [6, 6.07) is 4.89. The zero-order valence-corrected chi connectivity index (χ0v) is 20.0. The zero-order chi connectivity index (χ0) is 23.6. The summed E-state index contributed by atoms with van der Waals surface area (Å²) in [5.41, 5.74) is 0. The lowest BCUT2D eigenvalue weighted by molar-refractivity contribution is -0.158. The van der Waals surface area contributed by atoms with Crippen LogP contribution in [-0.4, -0.2) is 74.5 Å². The van der Waals surface area contributed by atoms with Gasteiger partial charge in [0, 0.05) is 31.2 Å². The van der Waals surface area contributed by atoms with Crippen molar-refractivity contribution in [2.24, 2.45) is 5.92 Å². The molecule has 0 unspecified atom stereocenters. The largest absolute Gasteiger partial charge is 0.486 e. The third kappa shape index (κ3) is 5.11. The summed E-state index contributed by atoms with van der Waals surface area (Å²) in [6.45, 7) is 5.02. The van der Waals surface area contributed by atoms with Crippen LogP contribution in [0, 0.1) is 5.92 Å². The Morgan fingerprint density at radius 3 is 2.30 bits per heavy atom. The number of amides is 1. The number of piperidine rings is 2. The molecule has 3 aliphatic heterocycles. The zero-order valence-electron chi connectivity index (χ0n) is 19.2. The van der Waals surface area contributed by atoms with Crippen LogP contribution in [0.5, 0.6) is 11.5 Å². The van der Waals surface area contributed by atoms with E-state index in [9.17, 15) is 18.0 Å². The van der Waals surface area contributed by atoms with Crippen molar-refractivity contribution in [3.8, 4) is 11.5 Å². The number of likely N-dealkylation sites (tertiary alicyclic amines) is 1. The Bertz CT molecular complexity index is 979. The number of benzene rings is 1. The first-order valence-corrected chi connectivity index (χ1v) is 13.1. The predicted octanol–water partition coefficient (Wildman–Crippen LogP) is 2.19. The first-order chi connectivity index (χ1) is 15.8. The van der Waals surface area contributed by atoms with Crippen LogP contribution >= 0.6 is 0 Å². The first kappa shape index (κ1) is 23.8. The highest BCUT2D eigenvalue weighted by Gasteiger charge is 2.35. The number of nitrogens with zero attached hydrogens (tertiary/aromatic N) is 2. The van der Waals surface area contributed by atoms with Gasteiger partial charge >= 0.3 is 5.97 Å². The molecule has 1 aromatic carbocycles. The molecule has 3 aliphatic rings. The third-order valence-corrected chi connectivity index (χ3v) is 8.65. The molecule has 0 bridgehead atoms. The van der Waals surface area contributed by atoms with E-state index in [1.165, 1.54) is 16.4 Å². The SMILES string of the molecule is C[C@@H]1CCC[C@@H](C)N1C(=O)COC(=O)C1CCN(S(=O)(=O)c2ccc3c(c2)OCCO3)CC1. The minimum absolute atomic E-state index is 0.142. The Labute approximate surface area is 195 Å². The number of esters is 1. The van der Waals surface area contributed by atoms with Crippen LogP contribution in [0.3, 0.4) is 0 Å². The van der Waals surface area contributed by atoms with Crippen LogP contribution < -0.4 is 9.47 Å². The summed E-state index contributed by atoms with van der Waals surface area (Å²) in [6.07, 6.45) is 3.72. The Morgan fingerprint density at radius 2 is 1.64 bits per heavy atom. The summed E-state index contributed by atoms with van der Waals surface area (Å²) in [7, 11) is -3.71. The van der Waals surface area contributed by atoms with Gasteiger partial charge in [0.1, 0.15) is 13.2 Å². The maximum atomic E-state index is 13.1. The van der Waals surface area contributed by atoms with Crippen LogP contribution in [0.1, 0.15) is 46.0 Å². The van der Waals surface area contributed by atoms with Gasteiger partial charge in [0.25, 0.3) is 5.91 Å². The van der Waals surface area contributed by atoms with E-state index >= 15 is 0 Å². The molecule has 2 atom stereocenters. The summed E-state index contributed by atoms with van der Waals surface area (Å²) < 4.78 is 43.8. The van der Waals surface area contributed by atoms with E-state index < -0.39 is 21.9 Å². The molecule has 3 heterocycles. The number of fused-ring (bicyclic) bond motifs is 1. The monoisotopic (exact) mass is 480 g/mol. The molecular formula is C23H32N2O7S. The van der Waals surface area contributed by atoms with Crippen molar-refractivity contribution in [2.75, 3.05) is 32.9 Å². The van der Waals surface area contributed by atoms with E-state index in [1.807, 2.05) is 18.7 Å². The highest BCUT2D eigenvalue weighted by molar-refractivity contribution is 7.89. The fourth-order valence-electron chi connectivity index (χ4n) is 4.90. The van der Waals surface area contributed by atoms with Crippen molar-refractivity contribution in [3.63, 3.8) is 0 Å². The van der Waals surface area contributed by atoms with E-state index in [2.05, 4.69) is 0 Å². The third-order valence-electron chi connectivity index (χ3n) is 6.76. The van der Waals surface area contributed by atoms with E-state index in [0.29, 0.717) is 37.6 Å². The van der Waals surface area contributed by atoms with Gasteiger partial charge < -0.3 is 19.1 Å². The van der Waals surface area contributed by atoms with E-state index in [0.717, 1.165) is 19.3 Å². The number of ether oxygens (including phenoxy) is 3. The number of sulfonamides is 1. The van der Waals surface area contributed by atoms with E-state index in [4.69, 9.17) is 14.2 Å². The Hall–Kier alpha value is -2.33. The molecule has 10 heteroatoms. The second kappa shape index (κ2) is 9.89. The molecule has 0 N–H and O–H groups in total. The van der Waals surface area contributed by atoms with Gasteiger partial charge in [0.05, 0.1) is 10.8 Å². The molecule has 1 amide bonds. The number of rotatable bonds is 5. The van der Waals surface area contributed by atoms with Gasteiger partial charge in [0.15, 0.2) is 18.1 Å². The lowest BCUT2D eigenvalue weighted by Crippen LogP contribution is -2.49. The molecule has 182 valence electrons. The van der Waals surface area contributed by atoms with Crippen molar-refractivity contribution >= 4 is 21.9 Å². The Balaban J connectivity index is 1.30. The van der Waals surface area contributed by atoms with Gasteiger partial charge in [-0.1, -0.05) is 0 Å². The molecule has 9 nitrogen and oxygen atoms in total. The van der Waals surface area contributed by atoms with Gasteiger partial charge in [-0.25, -0.2) is 8.42 Å². The summed E-state index contributed by atoms with van der Waals surface area (Å²) in [4.78, 5) is 27.1. The fraction of sp³-hybridized carbons (Fsp3) is 0.652. The first-order valence-electron chi connectivity index (χ1n) is 11.6. The van der Waals surface area contributed by atoms with Gasteiger partial charge in [-0.15, -0.1) is 0 Å². The smallest absolute Gasteiger partial charge is 0.309 e. The number of hydrogen-bond donors (Lipinski definition) is 0. The van der Waals surface area contributed by atoms with Crippen LogP contribution in [0.25, 0.3) is 0 Å². The van der Waals surface area contributed by atoms with Gasteiger partial charge in [0.2, 0.25) is 10.0 Å². The average molecular weight is 481 g/mol. The van der Waals surface area contributed by atoms with Gasteiger partial charge in [-0.2, -0.15) is 4.31 Å². The Morgan fingerprint density at radius 1 is 1.00 bits per heavy atom. The minimum Gasteiger partial charge on any atom is -0.486 e. The molecule has 1 aromatic rings. The summed E-state index contributed by atoms with van der Waals surface area (Å²) in [5.74, 6) is -0.0632. The summed E-state index contributed by atoms with van der Waals surface area (Å²) >= 11 is 0. The maximum absolute atomic E-state index is 13.1. The average Bonchev–Trinajstić information content (AvgIpc) is 2.82. The normalized spacial score (nSPS) is 24.4. The van der Waals surface area contributed by atoms with E-state index in [-0.39, 0.29) is 42.6 Å². The van der Waals surface area contributed by atoms with Crippen molar-refractivity contribution < 1.29 is 32.2 Å². The molecular weight excluding hydrogens is 448 g/mol. The van der Waals surface area contributed by atoms with Crippen LogP contribution in [0.4, 0.5) is 0 Å². The minimum atomic E-state index is -3.71. The van der Waals surface area contributed by atoms with E-state index in [1.54, 1.807) is 6.07 Å². The van der Waals surface area contributed by atoms with Crippen LogP contribution in [0.2, 0.25) is 0 Å². The molecule has 0 spiro atoms. The second-order valence-electron chi connectivity index (χ2n) is 9.02. The predicted molar refractivity (Wildman–Crippen MR) is 119 cm³/mol. The molecule has 0 aromatic heterocycles. The van der Waals surface area contributed by atoms with Crippen LogP contribution in [-0.2, 0) is 24.3 Å². The van der Waals surface area contributed by atoms with Gasteiger partial charge in [-0.3, -0.25) is 9.59 Å². The quantitative estimate of drug-likeness (QED) is 0.595. The topological polar surface area (TPSA) is 102 Å². The molecule has 0 saturated carbocycles. The van der Waals surface area contributed by atoms with Crippen molar-refractivity contribution in [1.29, 1.82) is 0 Å². The van der Waals surface area contributed by atoms with Crippen molar-refractivity contribution in [3.05, 3.63) is 18.2 Å². The summed E-state index contributed by atoms with van der Waals surface area (Å²) in [5, 5.41) is 0. The number of carbonyl (C=O) groups excluding carboxylic acids is 2. The molecule has 33 heavy (non-hydrogen) atoms. The molecule has 2 fully saturated rings. The number of hydrogen-bond acceptors (Lipinski definition) is 7. The van der Waals surface area contributed by atoms with Gasteiger partial charge in [-0.05, 0) is 58.1 Å². The molecule has 4 rings (SSSR count).